The van der Waals surface area contributed by atoms with Crippen LogP contribution in [-0.4, -0.2) is 0 Å². The Morgan fingerprint density at radius 1 is 0.198 bits per heavy atom. The van der Waals surface area contributed by atoms with E-state index in [4.69, 9.17) is 19.8 Å². The van der Waals surface area contributed by atoms with Gasteiger partial charge in [-0.3, -0.25) is 0 Å². The van der Waals surface area contributed by atoms with Crippen molar-refractivity contribution in [3.05, 3.63) is 315 Å². The van der Waals surface area contributed by atoms with Gasteiger partial charge in [0.1, 0.15) is 22.3 Å². The summed E-state index contributed by atoms with van der Waals surface area (Å²) in [6.07, 6.45) is 0. The van der Waals surface area contributed by atoms with Gasteiger partial charge in [-0.25, -0.2) is 0 Å². The first-order valence-corrected chi connectivity index (χ1v) is 28.2. The van der Waals surface area contributed by atoms with Crippen molar-refractivity contribution in [1.29, 1.82) is 0 Å². The number of benzene rings is 16. The Hall–Kier alpha value is -11.3. The molecule has 0 fully saturated rings. The molecule has 0 atom stereocenters. The van der Waals surface area contributed by atoms with Crippen LogP contribution in [0.4, 0.5) is 0 Å². The van der Waals surface area contributed by atoms with E-state index in [9.17, 15) is 11.0 Å². The highest BCUT2D eigenvalue weighted by atomic mass is 16.3. The van der Waals surface area contributed by atoms with Crippen LogP contribution in [-0.2, 0) is 0 Å². The largest absolute Gasteiger partial charge is 0.456 e. The number of hydrogen-bond acceptors (Lipinski definition) is 2. The van der Waals surface area contributed by atoms with Crippen molar-refractivity contribution in [2.75, 3.05) is 0 Å². The predicted octanol–water partition coefficient (Wildman–Crippen LogP) is 24.1. The SMILES string of the molecule is [2H]c1c([2H])c([2H])c2c(-c3ccc4c(c3)oc3ccccc34)c3c([2H])c([2H])c([2H])c([2H])c3c(-c3ccc(-c4ccc5ccccc5c4)cc3)c2c1[2H].[2H]c1c([2H])c([2H])c2c(-c3ccc4c(c3)oc3ccccc34)c3c([2H])c([2H])c([2H])c([2H])c3c(-c3cccc(-c4cccc5ccccc45)c3)c2c1[2H]. The lowest BCUT2D eigenvalue weighted by atomic mass is 9.85. The van der Waals surface area contributed by atoms with Crippen LogP contribution >= 0.6 is 0 Å². The Bertz CT molecular complexity index is 6550. The fourth-order valence-electron chi connectivity index (χ4n) is 12.7. The Morgan fingerprint density at radius 3 is 1.08 bits per heavy atom. The lowest BCUT2D eigenvalue weighted by Crippen LogP contribution is -1.91. The topological polar surface area (TPSA) is 26.3 Å². The van der Waals surface area contributed by atoms with E-state index in [2.05, 4.69) is 24.3 Å². The van der Waals surface area contributed by atoms with Crippen LogP contribution in [0.3, 0.4) is 0 Å². The van der Waals surface area contributed by atoms with Gasteiger partial charge < -0.3 is 8.83 Å². The number of furan rings is 2. The molecule has 0 aliphatic rings. The van der Waals surface area contributed by atoms with Crippen LogP contribution in [0.15, 0.2) is 324 Å². The van der Waals surface area contributed by atoms with E-state index in [1.54, 1.807) is 12.1 Å². The second kappa shape index (κ2) is 20.2. The molecular weight excluding hydrogens is 1040 g/mol. The summed E-state index contributed by atoms with van der Waals surface area (Å²) < 4.78 is 156. The van der Waals surface area contributed by atoms with E-state index >= 15 is 0 Å². The molecular formula is C84H52O2. The smallest absolute Gasteiger partial charge is 0.136 e. The normalized spacial score (nSPS) is 14.3. The first-order valence-electron chi connectivity index (χ1n) is 36.2. The summed E-state index contributed by atoms with van der Waals surface area (Å²) in [4.78, 5) is 0. The van der Waals surface area contributed by atoms with Crippen LogP contribution in [0.1, 0.15) is 21.9 Å². The minimum atomic E-state index is -0.436. The molecule has 18 aromatic rings. The molecule has 2 nitrogen and oxygen atoms in total. The molecule has 0 amide bonds. The monoisotopic (exact) mass is 1110 g/mol. The van der Waals surface area contributed by atoms with Gasteiger partial charge in [-0.15, -0.1) is 0 Å². The van der Waals surface area contributed by atoms with Crippen LogP contribution < -0.4 is 0 Å². The highest BCUT2D eigenvalue weighted by molar-refractivity contribution is 6.24. The third-order valence-electron chi connectivity index (χ3n) is 16.6. The van der Waals surface area contributed by atoms with Gasteiger partial charge in [0, 0.05) is 21.5 Å². The molecule has 0 aliphatic heterocycles. The molecule has 0 radical (unpaired) electrons. The molecule has 2 heterocycles. The second-order valence-electron chi connectivity index (χ2n) is 21.4. The van der Waals surface area contributed by atoms with E-state index < -0.39 is 48.3 Å². The summed E-state index contributed by atoms with van der Waals surface area (Å²) in [6, 6.07) is 63.9. The van der Waals surface area contributed by atoms with E-state index in [0.29, 0.717) is 55.7 Å². The van der Waals surface area contributed by atoms with Crippen molar-refractivity contribution in [1.82, 2.24) is 0 Å². The zero-order valence-electron chi connectivity index (χ0n) is 61.6. The van der Waals surface area contributed by atoms with Gasteiger partial charge in [-0.05, 0) is 180 Å². The van der Waals surface area contributed by atoms with Gasteiger partial charge >= 0.3 is 0 Å². The third kappa shape index (κ3) is 8.18. The van der Waals surface area contributed by atoms with Gasteiger partial charge in [0.05, 0.1) is 21.9 Å². The summed E-state index contributed by atoms with van der Waals surface area (Å²) >= 11 is 0. The highest BCUT2D eigenvalue weighted by Gasteiger charge is 2.21. The summed E-state index contributed by atoms with van der Waals surface area (Å²) in [5, 5.41) is 9.23. The minimum absolute atomic E-state index is 0.166. The Morgan fingerprint density at radius 2 is 0.558 bits per heavy atom. The van der Waals surface area contributed by atoms with E-state index in [1.165, 1.54) is 0 Å². The predicted molar refractivity (Wildman–Crippen MR) is 365 cm³/mol. The molecule has 0 aliphatic carbocycles. The van der Waals surface area contributed by atoms with Gasteiger partial charge in [0.15, 0.2) is 0 Å². The zero-order chi connectivity index (χ0) is 70.6. The second-order valence-corrected chi connectivity index (χ2v) is 21.4. The summed E-state index contributed by atoms with van der Waals surface area (Å²) in [7, 11) is 0. The molecule has 0 N–H and O–H groups in total. The number of hydrogen-bond donors (Lipinski definition) is 0. The Labute approximate surface area is 519 Å². The van der Waals surface area contributed by atoms with E-state index in [-0.39, 0.29) is 103 Å². The maximum absolute atomic E-state index is 9.30. The molecule has 0 saturated carbocycles. The molecule has 0 bridgehead atoms. The lowest BCUT2D eigenvalue weighted by Gasteiger charge is -2.18. The minimum Gasteiger partial charge on any atom is -0.456 e. The maximum atomic E-state index is 9.30. The van der Waals surface area contributed by atoms with Crippen molar-refractivity contribution >= 4 is 109 Å². The molecule has 0 saturated heterocycles. The molecule has 86 heavy (non-hydrogen) atoms. The average Bonchev–Trinajstić information content (AvgIpc) is 0.839. The van der Waals surface area contributed by atoms with Crippen molar-refractivity contribution < 1.29 is 30.8 Å². The number of rotatable bonds is 6. The molecule has 2 heteroatoms. The van der Waals surface area contributed by atoms with Crippen molar-refractivity contribution in [2.45, 2.75) is 0 Å². The van der Waals surface area contributed by atoms with Crippen LogP contribution in [0.5, 0.6) is 0 Å². The van der Waals surface area contributed by atoms with Gasteiger partial charge in [-0.1, -0.05) is 267 Å². The Kier molecular flexibility index (Phi) is 8.38. The van der Waals surface area contributed by atoms with Crippen molar-refractivity contribution in [3.63, 3.8) is 0 Å². The van der Waals surface area contributed by atoms with Gasteiger partial charge in [0.2, 0.25) is 0 Å². The van der Waals surface area contributed by atoms with E-state index in [1.807, 2.05) is 182 Å². The zero-order valence-corrected chi connectivity index (χ0v) is 45.6. The lowest BCUT2D eigenvalue weighted by molar-refractivity contribution is 0.668. The summed E-state index contributed by atoms with van der Waals surface area (Å²) in [5.74, 6) is 0. The standard InChI is InChI=1S/2C42H26O/c1-2-15-31-27(11-1)12-10-21-32(31)28-13-9-14-29(25-28)41-35-17-3-5-19-37(35)42(38-20-6-4-18-36(38)41)30-23-24-34-33-16-7-8-22-39(33)43-40(34)26-30;1-2-10-30-25-31(22-19-27(30)9-1)28-17-20-29(21-18-28)41-35-12-3-5-14-37(35)42(38-15-6-4-13-36(38)41)32-23-24-34-33-11-7-8-16-39(33)43-40(34)26-32/h2*1-26H/i3D,4D,5D,6D,17D,18D,19D,20D;3D,4D,5D,6D,12D,13D,14D,15D. The Balaban J connectivity index is 0.000000152. The van der Waals surface area contributed by atoms with Crippen LogP contribution in [0, 0.1) is 0 Å². The van der Waals surface area contributed by atoms with Gasteiger partial charge in [0.25, 0.3) is 0 Å². The first-order chi connectivity index (χ1) is 49.3. The third-order valence-corrected chi connectivity index (χ3v) is 16.6. The highest BCUT2D eigenvalue weighted by Crippen LogP contribution is 2.48. The molecule has 2 aromatic heterocycles. The van der Waals surface area contributed by atoms with E-state index in [0.717, 1.165) is 65.3 Å². The van der Waals surface area contributed by atoms with Crippen molar-refractivity contribution in [3.8, 4) is 66.8 Å². The summed E-state index contributed by atoms with van der Waals surface area (Å²) in [5.41, 5.74) is 9.54. The quantitative estimate of drug-likeness (QED) is 0.155. The van der Waals surface area contributed by atoms with Crippen LogP contribution in [0.2, 0.25) is 0 Å². The molecule has 18 rings (SSSR count). The fourth-order valence-corrected chi connectivity index (χ4v) is 12.7. The maximum Gasteiger partial charge on any atom is 0.136 e. The van der Waals surface area contributed by atoms with Crippen LogP contribution in [0.25, 0.3) is 175 Å². The molecule has 400 valence electrons. The fraction of sp³-hybridized carbons (Fsp3) is 0. The number of fused-ring (bicyclic) bond motifs is 12. The summed E-state index contributed by atoms with van der Waals surface area (Å²) in [6.45, 7) is 0. The number of para-hydroxylation sites is 2. The molecule has 0 spiro atoms. The molecule has 16 aromatic carbocycles. The molecule has 0 unspecified atom stereocenters. The average molecular weight is 1110 g/mol. The van der Waals surface area contributed by atoms with Gasteiger partial charge in [-0.2, -0.15) is 0 Å². The van der Waals surface area contributed by atoms with Crippen molar-refractivity contribution in [2.24, 2.45) is 0 Å². The first kappa shape index (κ1) is 35.6.